The van der Waals surface area contributed by atoms with Crippen LogP contribution in [0.1, 0.15) is 17.0 Å². The molecule has 1 heterocycles. The molecule has 19 heavy (non-hydrogen) atoms. The average molecular weight is 300 g/mol. The lowest BCUT2D eigenvalue weighted by Crippen LogP contribution is -2.06. The highest BCUT2D eigenvalue weighted by atomic mass is 35.7. The molecule has 0 atom stereocenters. The molecule has 0 aliphatic carbocycles. The third kappa shape index (κ3) is 3.33. The van der Waals surface area contributed by atoms with Gasteiger partial charge in [-0.2, -0.15) is 0 Å². The van der Waals surface area contributed by atoms with Gasteiger partial charge in [-0.1, -0.05) is 29.8 Å². The van der Waals surface area contributed by atoms with Gasteiger partial charge in [0.15, 0.2) is 0 Å². The number of hydrogen-bond acceptors (Lipinski definition) is 4. The first-order valence-corrected chi connectivity index (χ1v) is 8.07. The maximum absolute atomic E-state index is 11.2. The standard InChI is InChI=1S/C12H14ClN3O2S/c1-9-3-5-10(6-4-9)7-8-11-14-15-12(16(11)2)19(13,17)18/h3-6H,7-8H2,1-2H3. The van der Waals surface area contributed by atoms with Gasteiger partial charge in [0.25, 0.3) is 14.2 Å². The van der Waals surface area contributed by atoms with Crippen LogP contribution in [-0.4, -0.2) is 23.2 Å². The first kappa shape index (κ1) is 14.0. The number of benzene rings is 1. The van der Waals surface area contributed by atoms with Crippen molar-refractivity contribution in [3.8, 4) is 0 Å². The van der Waals surface area contributed by atoms with Crippen molar-refractivity contribution in [2.45, 2.75) is 24.9 Å². The summed E-state index contributed by atoms with van der Waals surface area (Å²) in [5.41, 5.74) is 2.38. The van der Waals surface area contributed by atoms with Gasteiger partial charge in [-0.3, -0.25) is 0 Å². The van der Waals surface area contributed by atoms with Crippen LogP contribution in [0, 0.1) is 6.92 Å². The van der Waals surface area contributed by atoms with E-state index in [-0.39, 0.29) is 5.16 Å². The fourth-order valence-corrected chi connectivity index (χ4v) is 2.76. The van der Waals surface area contributed by atoms with Crippen LogP contribution in [0.5, 0.6) is 0 Å². The summed E-state index contributed by atoms with van der Waals surface area (Å²) in [5.74, 6) is 0.597. The summed E-state index contributed by atoms with van der Waals surface area (Å²) >= 11 is 0. The molecule has 0 bridgehead atoms. The zero-order valence-corrected chi connectivity index (χ0v) is 12.2. The first-order chi connectivity index (χ1) is 8.88. The van der Waals surface area contributed by atoms with Crippen LogP contribution in [0.3, 0.4) is 0 Å². The van der Waals surface area contributed by atoms with E-state index in [4.69, 9.17) is 10.7 Å². The molecular weight excluding hydrogens is 286 g/mol. The topological polar surface area (TPSA) is 64.8 Å². The SMILES string of the molecule is Cc1ccc(CCc2nnc(S(=O)(=O)Cl)n2C)cc1. The fraction of sp³-hybridized carbons (Fsp3) is 0.333. The summed E-state index contributed by atoms with van der Waals surface area (Å²) in [6.45, 7) is 2.03. The fourth-order valence-electron chi connectivity index (χ4n) is 1.79. The van der Waals surface area contributed by atoms with Crippen molar-refractivity contribution >= 4 is 19.7 Å². The normalized spacial score (nSPS) is 11.7. The van der Waals surface area contributed by atoms with Crippen molar-refractivity contribution in [3.63, 3.8) is 0 Å². The Hall–Kier alpha value is -1.40. The van der Waals surface area contributed by atoms with Gasteiger partial charge in [-0.25, -0.2) is 8.42 Å². The minimum absolute atomic E-state index is 0.215. The second-order valence-electron chi connectivity index (χ2n) is 4.38. The molecule has 0 aliphatic heterocycles. The highest BCUT2D eigenvalue weighted by Crippen LogP contribution is 2.14. The minimum atomic E-state index is -3.84. The van der Waals surface area contributed by atoms with Gasteiger partial charge in [0.2, 0.25) is 0 Å². The number of rotatable bonds is 4. The van der Waals surface area contributed by atoms with E-state index in [2.05, 4.69) is 10.2 Å². The van der Waals surface area contributed by atoms with E-state index in [1.165, 1.54) is 15.7 Å². The van der Waals surface area contributed by atoms with Crippen LogP contribution in [0.2, 0.25) is 0 Å². The molecule has 0 saturated carbocycles. The van der Waals surface area contributed by atoms with Crippen molar-refractivity contribution in [2.24, 2.45) is 7.05 Å². The van der Waals surface area contributed by atoms with E-state index < -0.39 is 9.05 Å². The molecule has 1 aromatic carbocycles. The van der Waals surface area contributed by atoms with Gasteiger partial charge in [0.1, 0.15) is 5.82 Å². The van der Waals surface area contributed by atoms with Gasteiger partial charge in [-0.05, 0) is 18.9 Å². The zero-order valence-electron chi connectivity index (χ0n) is 10.7. The average Bonchev–Trinajstić information content (AvgIpc) is 2.70. The van der Waals surface area contributed by atoms with E-state index in [0.717, 1.165) is 6.42 Å². The maximum atomic E-state index is 11.2. The van der Waals surface area contributed by atoms with Crippen molar-refractivity contribution in [3.05, 3.63) is 41.2 Å². The van der Waals surface area contributed by atoms with Crippen molar-refractivity contribution < 1.29 is 8.42 Å². The number of nitrogens with zero attached hydrogens (tertiary/aromatic N) is 3. The molecule has 0 amide bonds. The predicted molar refractivity (Wildman–Crippen MR) is 72.6 cm³/mol. The Morgan fingerprint density at radius 3 is 2.32 bits per heavy atom. The van der Waals surface area contributed by atoms with E-state index >= 15 is 0 Å². The Morgan fingerprint density at radius 1 is 1.16 bits per heavy atom. The lowest BCUT2D eigenvalue weighted by molar-refractivity contribution is 0.590. The second-order valence-corrected chi connectivity index (χ2v) is 6.84. The van der Waals surface area contributed by atoms with Crippen LogP contribution in [0.4, 0.5) is 0 Å². The summed E-state index contributed by atoms with van der Waals surface area (Å²) in [4.78, 5) is 0. The molecule has 0 unspecified atom stereocenters. The van der Waals surface area contributed by atoms with E-state index in [1.54, 1.807) is 7.05 Å². The van der Waals surface area contributed by atoms with E-state index in [9.17, 15) is 8.42 Å². The van der Waals surface area contributed by atoms with Gasteiger partial charge in [-0.15, -0.1) is 10.2 Å². The zero-order chi connectivity index (χ0) is 14.0. The van der Waals surface area contributed by atoms with Crippen LogP contribution < -0.4 is 0 Å². The maximum Gasteiger partial charge on any atom is 0.296 e. The molecule has 0 fully saturated rings. The Kier molecular flexibility index (Phi) is 3.91. The molecule has 0 aliphatic rings. The minimum Gasteiger partial charge on any atom is -0.304 e. The van der Waals surface area contributed by atoms with Crippen molar-refractivity contribution in [1.29, 1.82) is 0 Å². The third-order valence-electron chi connectivity index (χ3n) is 2.90. The quantitative estimate of drug-likeness (QED) is 0.808. The number of halogens is 1. The van der Waals surface area contributed by atoms with Crippen molar-refractivity contribution in [2.75, 3.05) is 0 Å². The molecule has 2 aromatic rings. The van der Waals surface area contributed by atoms with Crippen LogP contribution >= 0.6 is 10.7 Å². The molecule has 7 heteroatoms. The van der Waals surface area contributed by atoms with E-state index in [1.807, 2.05) is 31.2 Å². The molecule has 0 N–H and O–H groups in total. The van der Waals surface area contributed by atoms with Gasteiger partial charge in [0, 0.05) is 24.2 Å². The molecule has 5 nitrogen and oxygen atoms in total. The highest BCUT2D eigenvalue weighted by molar-refractivity contribution is 8.13. The third-order valence-corrected chi connectivity index (χ3v) is 4.11. The van der Waals surface area contributed by atoms with Gasteiger partial charge >= 0.3 is 0 Å². The molecule has 1 aromatic heterocycles. The Bertz CT molecular complexity index is 678. The summed E-state index contributed by atoms with van der Waals surface area (Å²) in [5, 5.41) is 7.26. The predicted octanol–water partition coefficient (Wildman–Crippen LogP) is 1.84. The Balaban J connectivity index is 2.13. The summed E-state index contributed by atoms with van der Waals surface area (Å²) in [6, 6.07) is 8.18. The smallest absolute Gasteiger partial charge is 0.296 e. The number of hydrogen-bond donors (Lipinski definition) is 0. The van der Waals surface area contributed by atoms with E-state index in [0.29, 0.717) is 12.2 Å². The van der Waals surface area contributed by atoms with Crippen LogP contribution in [0.25, 0.3) is 0 Å². The second kappa shape index (κ2) is 5.30. The van der Waals surface area contributed by atoms with Crippen molar-refractivity contribution in [1.82, 2.24) is 14.8 Å². The Labute approximate surface area is 116 Å². The lowest BCUT2D eigenvalue weighted by atomic mass is 10.1. The highest BCUT2D eigenvalue weighted by Gasteiger charge is 2.19. The summed E-state index contributed by atoms with van der Waals surface area (Å²) in [7, 11) is 3.02. The molecule has 0 spiro atoms. The first-order valence-electron chi connectivity index (χ1n) is 5.76. The monoisotopic (exact) mass is 299 g/mol. The lowest BCUT2D eigenvalue weighted by Gasteiger charge is -2.03. The van der Waals surface area contributed by atoms with Gasteiger partial charge in [0.05, 0.1) is 0 Å². The molecule has 2 rings (SSSR count). The number of aryl methyl sites for hydroxylation is 3. The summed E-state index contributed by atoms with van der Waals surface area (Å²) < 4.78 is 23.9. The molecular formula is C12H14ClN3O2S. The van der Waals surface area contributed by atoms with Gasteiger partial charge < -0.3 is 4.57 Å². The molecule has 0 saturated heterocycles. The molecule has 102 valence electrons. The largest absolute Gasteiger partial charge is 0.304 e. The van der Waals surface area contributed by atoms with Crippen LogP contribution in [-0.2, 0) is 28.9 Å². The molecule has 0 radical (unpaired) electrons. The number of aromatic nitrogens is 3. The Morgan fingerprint density at radius 2 is 1.79 bits per heavy atom. The summed E-state index contributed by atoms with van der Waals surface area (Å²) in [6.07, 6.45) is 1.38. The van der Waals surface area contributed by atoms with Crippen LogP contribution in [0.15, 0.2) is 29.4 Å².